The molecule has 0 saturated carbocycles. The molecule has 0 unspecified atom stereocenters. The van der Waals surface area contributed by atoms with E-state index >= 15 is 0 Å². The number of rotatable bonds is 6. The minimum Gasteiger partial charge on any atom is -0.465 e. The molecule has 6 heteroatoms. The first-order chi connectivity index (χ1) is 13.6. The molecule has 0 saturated heterocycles. The number of carbonyl (C=O) groups excluding carboxylic acids is 2. The molecule has 2 N–H and O–H groups in total. The van der Waals surface area contributed by atoms with Crippen molar-refractivity contribution in [3.63, 3.8) is 0 Å². The van der Waals surface area contributed by atoms with Crippen molar-refractivity contribution in [3.8, 4) is 0 Å². The van der Waals surface area contributed by atoms with Crippen LogP contribution in [0.4, 0.5) is 17.2 Å². The summed E-state index contributed by atoms with van der Waals surface area (Å²) in [4.78, 5) is 28.6. The van der Waals surface area contributed by atoms with Crippen LogP contribution >= 0.6 is 0 Å². The van der Waals surface area contributed by atoms with Crippen molar-refractivity contribution < 1.29 is 14.3 Å². The van der Waals surface area contributed by atoms with Gasteiger partial charge in [-0.2, -0.15) is 0 Å². The molecule has 3 rings (SSSR count). The number of benzene rings is 2. The zero-order chi connectivity index (χ0) is 19.9. The smallest absolute Gasteiger partial charge is 0.339 e. The molecular weight excluding hydrogens is 354 g/mol. The lowest BCUT2D eigenvalue weighted by atomic mass is 10.1. The molecule has 0 aliphatic rings. The Labute approximate surface area is 163 Å². The second-order valence-electron chi connectivity index (χ2n) is 6.06. The number of methoxy groups -OCH3 is 1. The van der Waals surface area contributed by atoms with E-state index in [9.17, 15) is 9.59 Å². The first-order valence-electron chi connectivity index (χ1n) is 8.92. The number of amides is 1. The molecule has 1 aromatic heterocycles. The Kier molecular flexibility index (Phi) is 6.01. The standard InChI is InChI=1S/C22H21N3O3/c1-3-15-8-4-6-10-18(15)25-21(26)16-12-13-20(23-14-16)24-19-11-7-5-9-17(19)22(27)28-2/h4-14H,3H2,1-2H3,(H,23,24)(H,25,26). The van der Waals surface area contributed by atoms with E-state index in [-0.39, 0.29) is 5.91 Å². The van der Waals surface area contributed by atoms with E-state index in [1.807, 2.05) is 37.3 Å². The van der Waals surface area contributed by atoms with Crippen LogP contribution in [-0.2, 0) is 11.2 Å². The molecule has 1 amide bonds. The maximum Gasteiger partial charge on any atom is 0.339 e. The average molecular weight is 375 g/mol. The molecule has 0 atom stereocenters. The van der Waals surface area contributed by atoms with Gasteiger partial charge in [0.15, 0.2) is 0 Å². The van der Waals surface area contributed by atoms with Crippen LogP contribution in [0.5, 0.6) is 0 Å². The molecular formula is C22H21N3O3. The van der Waals surface area contributed by atoms with E-state index in [2.05, 4.69) is 15.6 Å². The van der Waals surface area contributed by atoms with Crippen LogP contribution in [0.15, 0.2) is 66.9 Å². The molecule has 142 valence electrons. The lowest BCUT2D eigenvalue weighted by Crippen LogP contribution is -2.13. The number of hydrogen-bond donors (Lipinski definition) is 2. The average Bonchev–Trinajstić information content (AvgIpc) is 2.74. The SMILES string of the molecule is CCc1ccccc1NC(=O)c1ccc(Nc2ccccc2C(=O)OC)nc1. The van der Waals surface area contributed by atoms with Crippen molar-refractivity contribution in [1.29, 1.82) is 0 Å². The number of nitrogens with zero attached hydrogens (tertiary/aromatic N) is 1. The first kappa shape index (κ1) is 19.1. The number of anilines is 3. The van der Waals surface area contributed by atoms with E-state index in [4.69, 9.17) is 4.74 Å². The lowest BCUT2D eigenvalue weighted by Gasteiger charge is -2.11. The Morgan fingerprint density at radius 3 is 2.36 bits per heavy atom. The second kappa shape index (κ2) is 8.81. The molecule has 0 spiro atoms. The van der Waals surface area contributed by atoms with E-state index in [0.717, 1.165) is 17.7 Å². The van der Waals surface area contributed by atoms with E-state index < -0.39 is 5.97 Å². The summed E-state index contributed by atoms with van der Waals surface area (Å²) >= 11 is 0. The highest BCUT2D eigenvalue weighted by molar-refractivity contribution is 6.04. The van der Waals surface area contributed by atoms with E-state index in [1.54, 1.807) is 30.3 Å². The highest BCUT2D eigenvalue weighted by atomic mass is 16.5. The Morgan fingerprint density at radius 1 is 0.964 bits per heavy atom. The molecule has 0 radical (unpaired) electrons. The quantitative estimate of drug-likeness (QED) is 0.623. The van der Waals surface area contributed by atoms with Gasteiger partial charge in [0, 0.05) is 11.9 Å². The van der Waals surface area contributed by atoms with Gasteiger partial charge < -0.3 is 15.4 Å². The summed E-state index contributed by atoms with van der Waals surface area (Å²) in [6, 6.07) is 18.1. The van der Waals surface area contributed by atoms with Crippen molar-refractivity contribution in [2.24, 2.45) is 0 Å². The summed E-state index contributed by atoms with van der Waals surface area (Å²) < 4.78 is 4.79. The Hall–Kier alpha value is -3.67. The number of nitrogens with one attached hydrogen (secondary N) is 2. The van der Waals surface area contributed by atoms with Gasteiger partial charge in [-0.1, -0.05) is 37.3 Å². The lowest BCUT2D eigenvalue weighted by molar-refractivity contribution is 0.0601. The zero-order valence-electron chi connectivity index (χ0n) is 15.7. The van der Waals surface area contributed by atoms with Gasteiger partial charge in [0.2, 0.25) is 0 Å². The summed E-state index contributed by atoms with van der Waals surface area (Å²) in [6.07, 6.45) is 2.32. The maximum absolute atomic E-state index is 12.5. The molecule has 1 heterocycles. The van der Waals surface area contributed by atoms with Crippen LogP contribution in [0.1, 0.15) is 33.2 Å². The summed E-state index contributed by atoms with van der Waals surface area (Å²) in [5.41, 5.74) is 3.30. The van der Waals surface area contributed by atoms with Crippen molar-refractivity contribution in [1.82, 2.24) is 4.98 Å². The van der Waals surface area contributed by atoms with Gasteiger partial charge in [-0.15, -0.1) is 0 Å². The van der Waals surface area contributed by atoms with E-state index in [0.29, 0.717) is 22.6 Å². The van der Waals surface area contributed by atoms with Gasteiger partial charge in [0.25, 0.3) is 5.91 Å². The summed E-state index contributed by atoms with van der Waals surface area (Å²) in [6.45, 7) is 2.04. The zero-order valence-corrected chi connectivity index (χ0v) is 15.7. The van der Waals surface area contributed by atoms with E-state index in [1.165, 1.54) is 13.3 Å². The van der Waals surface area contributed by atoms with Crippen LogP contribution in [-0.4, -0.2) is 24.0 Å². The van der Waals surface area contributed by atoms with Gasteiger partial charge >= 0.3 is 5.97 Å². The second-order valence-corrected chi connectivity index (χ2v) is 6.06. The van der Waals surface area contributed by atoms with Gasteiger partial charge in [-0.3, -0.25) is 4.79 Å². The summed E-state index contributed by atoms with van der Waals surface area (Å²) in [5, 5.41) is 6.00. The molecule has 6 nitrogen and oxygen atoms in total. The highest BCUT2D eigenvalue weighted by Gasteiger charge is 2.12. The van der Waals surface area contributed by atoms with Crippen LogP contribution in [0.3, 0.4) is 0 Å². The monoisotopic (exact) mass is 375 g/mol. The van der Waals surface area contributed by atoms with Crippen LogP contribution in [0.25, 0.3) is 0 Å². The van der Waals surface area contributed by atoms with Crippen molar-refractivity contribution in [2.45, 2.75) is 13.3 Å². The van der Waals surface area contributed by atoms with Gasteiger partial charge in [0.05, 0.1) is 23.9 Å². The third kappa shape index (κ3) is 4.35. The normalized spacial score (nSPS) is 10.2. The number of hydrogen-bond acceptors (Lipinski definition) is 5. The van der Waals surface area contributed by atoms with Crippen molar-refractivity contribution >= 4 is 29.1 Å². The predicted octanol–water partition coefficient (Wildman–Crippen LogP) is 4.43. The number of aromatic nitrogens is 1. The maximum atomic E-state index is 12.5. The van der Waals surface area contributed by atoms with Crippen LogP contribution in [0.2, 0.25) is 0 Å². The predicted molar refractivity (Wildman–Crippen MR) is 109 cm³/mol. The van der Waals surface area contributed by atoms with Crippen LogP contribution in [0, 0.1) is 0 Å². The fourth-order valence-corrected chi connectivity index (χ4v) is 2.77. The fraction of sp³-hybridized carbons (Fsp3) is 0.136. The molecule has 0 bridgehead atoms. The molecule has 2 aromatic carbocycles. The Morgan fingerprint density at radius 2 is 1.68 bits per heavy atom. The fourth-order valence-electron chi connectivity index (χ4n) is 2.77. The Bertz CT molecular complexity index is 984. The highest BCUT2D eigenvalue weighted by Crippen LogP contribution is 2.21. The number of esters is 1. The summed E-state index contributed by atoms with van der Waals surface area (Å²) in [7, 11) is 1.33. The van der Waals surface area contributed by atoms with Crippen molar-refractivity contribution in [2.75, 3.05) is 17.7 Å². The number of pyridine rings is 1. The molecule has 0 aliphatic heterocycles. The largest absolute Gasteiger partial charge is 0.465 e. The van der Waals surface area contributed by atoms with Gasteiger partial charge in [0.1, 0.15) is 5.82 Å². The number of ether oxygens (including phenoxy) is 1. The summed E-state index contributed by atoms with van der Waals surface area (Å²) in [5.74, 6) is -0.148. The Balaban J connectivity index is 1.74. The minimum atomic E-state index is -0.436. The third-order valence-corrected chi connectivity index (χ3v) is 4.27. The van der Waals surface area contributed by atoms with Crippen molar-refractivity contribution in [3.05, 3.63) is 83.6 Å². The number of para-hydroxylation sites is 2. The van der Waals surface area contributed by atoms with Gasteiger partial charge in [-0.05, 0) is 42.3 Å². The van der Waals surface area contributed by atoms with Gasteiger partial charge in [-0.25, -0.2) is 9.78 Å². The number of aryl methyl sites for hydroxylation is 1. The first-order valence-corrected chi connectivity index (χ1v) is 8.92. The molecule has 3 aromatic rings. The number of carbonyl (C=O) groups is 2. The topological polar surface area (TPSA) is 80.3 Å². The molecule has 0 fully saturated rings. The minimum absolute atomic E-state index is 0.227. The molecule has 28 heavy (non-hydrogen) atoms. The van der Waals surface area contributed by atoms with Crippen LogP contribution < -0.4 is 10.6 Å². The molecule has 0 aliphatic carbocycles. The third-order valence-electron chi connectivity index (χ3n) is 4.27.